The largest absolute Gasteiger partial charge is 0.329 e. The van der Waals surface area contributed by atoms with Crippen LogP contribution in [0.4, 0.5) is 8.78 Å². The Morgan fingerprint density at radius 3 is 2.86 bits per heavy atom. The third kappa shape index (κ3) is 1.46. The van der Waals surface area contributed by atoms with Gasteiger partial charge in [0.15, 0.2) is 5.82 Å². The first kappa shape index (κ1) is 9.08. The molecule has 0 bridgehead atoms. The van der Waals surface area contributed by atoms with Crippen LogP contribution in [-0.2, 0) is 6.54 Å². The molecule has 2 N–H and O–H groups in total. The van der Waals surface area contributed by atoms with Gasteiger partial charge in [0, 0.05) is 24.2 Å². The summed E-state index contributed by atoms with van der Waals surface area (Å²) < 4.78 is 27.5. The summed E-state index contributed by atoms with van der Waals surface area (Å²) in [5.74, 6) is -1.24. The first-order chi connectivity index (χ1) is 6.70. The maximum absolute atomic E-state index is 13.2. The molecule has 1 aromatic carbocycles. The van der Waals surface area contributed by atoms with Gasteiger partial charge in [-0.2, -0.15) is 5.10 Å². The van der Waals surface area contributed by atoms with E-state index in [-0.39, 0.29) is 5.52 Å². The van der Waals surface area contributed by atoms with Gasteiger partial charge in [-0.3, -0.25) is 4.68 Å². The number of rotatable bonds is 2. The van der Waals surface area contributed by atoms with E-state index < -0.39 is 11.6 Å². The molecule has 0 aliphatic carbocycles. The highest BCUT2D eigenvalue weighted by Crippen LogP contribution is 2.17. The molecule has 0 amide bonds. The quantitative estimate of drug-likeness (QED) is 0.787. The average Bonchev–Trinajstić information content (AvgIpc) is 2.48. The van der Waals surface area contributed by atoms with Crippen LogP contribution in [0, 0.1) is 11.6 Å². The molecule has 74 valence electrons. The Morgan fingerprint density at radius 1 is 1.36 bits per heavy atom. The molecule has 14 heavy (non-hydrogen) atoms. The smallest absolute Gasteiger partial charge is 0.154 e. The highest BCUT2D eigenvalue weighted by Gasteiger charge is 2.07. The van der Waals surface area contributed by atoms with Crippen LogP contribution in [0.15, 0.2) is 18.3 Å². The van der Waals surface area contributed by atoms with E-state index in [9.17, 15) is 8.78 Å². The number of nitrogens with two attached hydrogens (primary N) is 1. The molecule has 0 atom stereocenters. The van der Waals surface area contributed by atoms with Gasteiger partial charge in [-0.05, 0) is 6.07 Å². The van der Waals surface area contributed by atoms with E-state index in [1.165, 1.54) is 10.7 Å². The van der Waals surface area contributed by atoms with Crippen molar-refractivity contribution < 1.29 is 8.78 Å². The van der Waals surface area contributed by atoms with Crippen molar-refractivity contribution in [3.05, 3.63) is 30.0 Å². The standard InChI is InChI=1S/C9H9F2N3/c10-7-3-6-5-14(2-1-12)13-9(6)8(11)4-7/h3-5H,1-2,12H2. The summed E-state index contributed by atoms with van der Waals surface area (Å²) in [4.78, 5) is 0. The van der Waals surface area contributed by atoms with Gasteiger partial charge in [0.25, 0.3) is 0 Å². The van der Waals surface area contributed by atoms with E-state index >= 15 is 0 Å². The van der Waals surface area contributed by atoms with E-state index in [2.05, 4.69) is 5.10 Å². The number of nitrogens with zero attached hydrogens (tertiary/aromatic N) is 2. The normalized spacial score (nSPS) is 11.1. The number of fused-ring (bicyclic) bond motifs is 1. The van der Waals surface area contributed by atoms with Crippen molar-refractivity contribution in [1.29, 1.82) is 0 Å². The Labute approximate surface area is 79.1 Å². The summed E-state index contributed by atoms with van der Waals surface area (Å²) >= 11 is 0. The highest BCUT2D eigenvalue weighted by molar-refractivity contribution is 5.78. The molecule has 0 unspecified atom stereocenters. The van der Waals surface area contributed by atoms with Crippen LogP contribution in [-0.4, -0.2) is 16.3 Å². The SMILES string of the molecule is NCCn1cc2cc(F)cc(F)c2n1. The van der Waals surface area contributed by atoms with Gasteiger partial charge in [-0.25, -0.2) is 8.78 Å². The maximum Gasteiger partial charge on any atom is 0.154 e. The molecule has 5 heteroatoms. The molecule has 0 radical (unpaired) electrons. The highest BCUT2D eigenvalue weighted by atomic mass is 19.1. The minimum absolute atomic E-state index is 0.180. The lowest BCUT2D eigenvalue weighted by molar-refractivity contribution is 0.586. The van der Waals surface area contributed by atoms with Gasteiger partial charge < -0.3 is 5.73 Å². The lowest BCUT2D eigenvalue weighted by Crippen LogP contribution is -2.09. The average molecular weight is 197 g/mol. The predicted octanol–water partition coefficient (Wildman–Crippen LogP) is 1.27. The van der Waals surface area contributed by atoms with E-state index in [1.807, 2.05) is 0 Å². The van der Waals surface area contributed by atoms with Crippen LogP contribution >= 0.6 is 0 Å². The summed E-state index contributed by atoms with van der Waals surface area (Å²) in [6.45, 7) is 0.911. The maximum atomic E-state index is 13.2. The number of hydrogen-bond acceptors (Lipinski definition) is 2. The number of halogens is 2. The van der Waals surface area contributed by atoms with Gasteiger partial charge in [0.1, 0.15) is 11.3 Å². The summed E-state index contributed by atoms with van der Waals surface area (Å²) in [6, 6.07) is 2.07. The summed E-state index contributed by atoms with van der Waals surface area (Å²) in [7, 11) is 0. The molecule has 1 heterocycles. The van der Waals surface area contributed by atoms with Crippen molar-refractivity contribution in [1.82, 2.24) is 9.78 Å². The molecule has 0 saturated carbocycles. The zero-order valence-electron chi connectivity index (χ0n) is 7.37. The second-order valence-corrected chi connectivity index (χ2v) is 3.01. The number of aromatic nitrogens is 2. The predicted molar refractivity (Wildman–Crippen MR) is 48.7 cm³/mol. The molecular formula is C9H9F2N3. The number of hydrogen-bond donors (Lipinski definition) is 1. The van der Waals surface area contributed by atoms with Crippen LogP contribution in [0.3, 0.4) is 0 Å². The van der Waals surface area contributed by atoms with Gasteiger partial charge in [-0.15, -0.1) is 0 Å². The second kappa shape index (κ2) is 3.34. The van der Waals surface area contributed by atoms with Crippen LogP contribution in [0.5, 0.6) is 0 Å². The van der Waals surface area contributed by atoms with E-state index in [0.717, 1.165) is 6.07 Å². The van der Waals surface area contributed by atoms with Gasteiger partial charge in [0.2, 0.25) is 0 Å². The Bertz CT molecular complexity index is 464. The molecule has 2 aromatic rings. The van der Waals surface area contributed by atoms with Crippen LogP contribution in [0.2, 0.25) is 0 Å². The van der Waals surface area contributed by atoms with Crippen molar-refractivity contribution in [2.45, 2.75) is 6.54 Å². The molecule has 0 spiro atoms. The fraction of sp³-hybridized carbons (Fsp3) is 0.222. The first-order valence-corrected chi connectivity index (χ1v) is 4.23. The fourth-order valence-electron chi connectivity index (χ4n) is 1.35. The Kier molecular flexibility index (Phi) is 2.17. The third-order valence-electron chi connectivity index (χ3n) is 1.93. The molecule has 3 nitrogen and oxygen atoms in total. The van der Waals surface area contributed by atoms with Crippen LogP contribution in [0.25, 0.3) is 10.9 Å². The van der Waals surface area contributed by atoms with E-state index in [1.54, 1.807) is 6.20 Å². The van der Waals surface area contributed by atoms with Gasteiger partial charge in [0.05, 0.1) is 6.54 Å². The molecule has 0 aliphatic rings. The van der Waals surface area contributed by atoms with E-state index in [0.29, 0.717) is 18.5 Å². The van der Waals surface area contributed by atoms with Gasteiger partial charge in [-0.1, -0.05) is 0 Å². The second-order valence-electron chi connectivity index (χ2n) is 3.01. The molecule has 0 fully saturated rings. The van der Waals surface area contributed by atoms with Crippen molar-refractivity contribution >= 4 is 10.9 Å². The van der Waals surface area contributed by atoms with Crippen molar-refractivity contribution in [3.63, 3.8) is 0 Å². The molecule has 0 saturated heterocycles. The Morgan fingerprint density at radius 2 is 2.14 bits per heavy atom. The topological polar surface area (TPSA) is 43.8 Å². The first-order valence-electron chi connectivity index (χ1n) is 4.23. The zero-order chi connectivity index (χ0) is 10.1. The minimum Gasteiger partial charge on any atom is -0.329 e. The lowest BCUT2D eigenvalue weighted by atomic mass is 10.2. The molecular weight excluding hydrogens is 188 g/mol. The molecule has 1 aromatic heterocycles. The monoisotopic (exact) mass is 197 g/mol. The van der Waals surface area contributed by atoms with E-state index in [4.69, 9.17) is 5.73 Å². The lowest BCUT2D eigenvalue weighted by Gasteiger charge is -1.93. The summed E-state index contributed by atoms with van der Waals surface area (Å²) in [6.07, 6.45) is 1.58. The van der Waals surface area contributed by atoms with Crippen LogP contribution in [0.1, 0.15) is 0 Å². The third-order valence-corrected chi connectivity index (χ3v) is 1.93. The van der Waals surface area contributed by atoms with Crippen molar-refractivity contribution in [3.8, 4) is 0 Å². The van der Waals surface area contributed by atoms with Crippen molar-refractivity contribution in [2.24, 2.45) is 5.73 Å². The van der Waals surface area contributed by atoms with Crippen LogP contribution < -0.4 is 5.73 Å². The summed E-state index contributed by atoms with van der Waals surface area (Å²) in [5.41, 5.74) is 5.50. The molecule has 0 aliphatic heterocycles. The Balaban J connectivity index is 2.58. The Hall–Kier alpha value is -1.49. The minimum atomic E-state index is -0.643. The number of benzene rings is 1. The van der Waals surface area contributed by atoms with Gasteiger partial charge >= 0.3 is 0 Å². The summed E-state index contributed by atoms with van der Waals surface area (Å²) in [5, 5.41) is 4.39. The fourth-order valence-corrected chi connectivity index (χ4v) is 1.35. The molecule has 2 rings (SSSR count). The van der Waals surface area contributed by atoms with Crippen molar-refractivity contribution in [2.75, 3.05) is 6.54 Å². The zero-order valence-corrected chi connectivity index (χ0v) is 7.37.